The van der Waals surface area contributed by atoms with Gasteiger partial charge in [-0.3, -0.25) is 19.3 Å². The van der Waals surface area contributed by atoms with Crippen LogP contribution in [0.2, 0.25) is 0 Å². The van der Waals surface area contributed by atoms with Gasteiger partial charge in [0.15, 0.2) is 12.4 Å². The monoisotopic (exact) mass is 470 g/mol. The molecule has 9 nitrogen and oxygen atoms in total. The Balaban J connectivity index is 1.35. The predicted molar refractivity (Wildman–Crippen MR) is 117 cm³/mol. The molecule has 2 amide bonds. The van der Waals surface area contributed by atoms with Gasteiger partial charge >= 0.3 is 5.97 Å². The highest BCUT2D eigenvalue weighted by atomic mass is 32.2. The van der Waals surface area contributed by atoms with E-state index in [0.29, 0.717) is 18.8 Å². The highest BCUT2D eigenvalue weighted by molar-refractivity contribution is 7.89. The standard InChI is InChI=1S/C23H22N2O7S/c26-20(16-5-9-19(10-6-16)33(30,31)24-13-1-2-14-24)15-32-23(29)17-3-7-18(8-4-17)25-21(27)11-12-22(25)28/h3-10H,1-2,11-15H2. The van der Waals surface area contributed by atoms with Crippen molar-refractivity contribution in [1.82, 2.24) is 4.31 Å². The third-order valence-electron chi connectivity index (χ3n) is 5.63. The van der Waals surface area contributed by atoms with Gasteiger partial charge in [0, 0.05) is 31.5 Å². The maximum Gasteiger partial charge on any atom is 0.338 e. The number of anilines is 1. The second-order valence-corrected chi connectivity index (χ2v) is 9.74. The highest BCUT2D eigenvalue weighted by Crippen LogP contribution is 2.23. The van der Waals surface area contributed by atoms with Gasteiger partial charge in [0.25, 0.3) is 0 Å². The van der Waals surface area contributed by atoms with Crippen molar-refractivity contribution in [3.05, 3.63) is 59.7 Å². The number of benzene rings is 2. The predicted octanol–water partition coefficient (Wildman–Crippen LogP) is 2.16. The van der Waals surface area contributed by atoms with Crippen molar-refractivity contribution in [1.29, 1.82) is 0 Å². The van der Waals surface area contributed by atoms with Crippen molar-refractivity contribution in [2.45, 2.75) is 30.6 Å². The second-order valence-electron chi connectivity index (χ2n) is 7.80. The lowest BCUT2D eigenvalue weighted by Gasteiger charge is -2.15. The van der Waals surface area contributed by atoms with Crippen LogP contribution in [0.1, 0.15) is 46.4 Å². The van der Waals surface area contributed by atoms with Crippen molar-refractivity contribution < 1.29 is 32.3 Å². The molecule has 0 aromatic heterocycles. The molecule has 2 aromatic rings. The van der Waals surface area contributed by atoms with Crippen LogP contribution in [0.15, 0.2) is 53.4 Å². The van der Waals surface area contributed by atoms with Gasteiger partial charge in [0.05, 0.1) is 16.1 Å². The first-order valence-electron chi connectivity index (χ1n) is 10.5. The topological polar surface area (TPSA) is 118 Å². The summed E-state index contributed by atoms with van der Waals surface area (Å²) in [6.07, 6.45) is 1.99. The first-order valence-corrected chi connectivity index (χ1v) is 12.0. The lowest BCUT2D eigenvalue weighted by molar-refractivity contribution is -0.121. The Morgan fingerprint density at radius 1 is 0.818 bits per heavy atom. The zero-order chi connectivity index (χ0) is 23.6. The smallest absolute Gasteiger partial charge is 0.338 e. The van der Waals surface area contributed by atoms with Gasteiger partial charge in [-0.1, -0.05) is 0 Å². The van der Waals surface area contributed by atoms with Crippen LogP contribution in [-0.4, -0.2) is 56.0 Å². The SMILES string of the molecule is O=C(COC(=O)c1ccc(N2C(=O)CCC2=O)cc1)c1ccc(S(=O)(=O)N2CCCC2)cc1. The molecule has 172 valence electrons. The molecule has 0 aliphatic carbocycles. The Morgan fingerprint density at radius 2 is 1.36 bits per heavy atom. The van der Waals surface area contributed by atoms with Gasteiger partial charge in [0.2, 0.25) is 21.8 Å². The number of ether oxygens (including phenoxy) is 1. The number of rotatable bonds is 7. The van der Waals surface area contributed by atoms with Crippen molar-refractivity contribution in [2.75, 3.05) is 24.6 Å². The number of imide groups is 1. The third kappa shape index (κ3) is 4.71. The van der Waals surface area contributed by atoms with Crippen LogP contribution in [0, 0.1) is 0 Å². The van der Waals surface area contributed by atoms with E-state index in [1.807, 2.05) is 0 Å². The summed E-state index contributed by atoms with van der Waals surface area (Å²) in [7, 11) is -3.57. The van der Waals surface area contributed by atoms with Crippen molar-refractivity contribution in [3.8, 4) is 0 Å². The Morgan fingerprint density at radius 3 is 1.94 bits per heavy atom. The van der Waals surface area contributed by atoms with Gasteiger partial charge in [-0.15, -0.1) is 0 Å². The fourth-order valence-corrected chi connectivity index (χ4v) is 5.32. The van der Waals surface area contributed by atoms with E-state index in [2.05, 4.69) is 0 Å². The van der Waals surface area contributed by atoms with Crippen LogP contribution in [0.25, 0.3) is 0 Å². The summed E-state index contributed by atoms with van der Waals surface area (Å²) in [5.74, 6) is -1.79. The maximum atomic E-state index is 12.6. The average molecular weight is 471 g/mol. The fraction of sp³-hybridized carbons (Fsp3) is 0.304. The Bertz CT molecular complexity index is 1180. The zero-order valence-electron chi connectivity index (χ0n) is 17.7. The number of Topliss-reactive ketones (excluding diaryl/α,β-unsaturated/α-hetero) is 1. The molecule has 2 aliphatic rings. The quantitative estimate of drug-likeness (QED) is 0.346. The number of esters is 1. The summed E-state index contributed by atoms with van der Waals surface area (Å²) in [5.41, 5.74) is 0.765. The molecule has 33 heavy (non-hydrogen) atoms. The Kier molecular flexibility index (Phi) is 6.39. The average Bonchev–Trinajstić information content (AvgIpc) is 3.48. The van der Waals surface area contributed by atoms with Crippen LogP contribution in [0.4, 0.5) is 5.69 Å². The molecular formula is C23H22N2O7S. The van der Waals surface area contributed by atoms with Gasteiger partial charge in [0.1, 0.15) is 0 Å². The normalized spacial score (nSPS) is 16.9. The van der Waals surface area contributed by atoms with Crippen molar-refractivity contribution >= 4 is 39.3 Å². The van der Waals surface area contributed by atoms with Gasteiger partial charge < -0.3 is 4.74 Å². The largest absolute Gasteiger partial charge is 0.454 e. The molecular weight excluding hydrogens is 448 g/mol. The zero-order valence-corrected chi connectivity index (χ0v) is 18.5. The van der Waals surface area contributed by atoms with Crippen molar-refractivity contribution in [2.24, 2.45) is 0 Å². The summed E-state index contributed by atoms with van der Waals surface area (Å²) in [4.78, 5) is 49.4. The van der Waals surface area contributed by atoms with E-state index in [9.17, 15) is 27.6 Å². The van der Waals surface area contributed by atoms with Crippen LogP contribution < -0.4 is 4.90 Å². The van der Waals surface area contributed by atoms with Gasteiger partial charge in [-0.2, -0.15) is 4.31 Å². The summed E-state index contributed by atoms with van der Waals surface area (Å²) >= 11 is 0. The molecule has 0 atom stereocenters. The van der Waals surface area contributed by atoms with E-state index in [0.717, 1.165) is 17.7 Å². The number of hydrogen-bond acceptors (Lipinski definition) is 7. The molecule has 2 fully saturated rings. The fourth-order valence-electron chi connectivity index (χ4n) is 3.80. The molecule has 2 heterocycles. The van der Waals surface area contributed by atoms with E-state index in [4.69, 9.17) is 4.74 Å². The molecule has 0 bridgehead atoms. The van der Waals surface area contributed by atoms with Crippen molar-refractivity contribution in [3.63, 3.8) is 0 Å². The molecule has 10 heteroatoms. The minimum atomic E-state index is -3.57. The third-order valence-corrected chi connectivity index (χ3v) is 7.54. The number of carbonyl (C=O) groups is 4. The Hall–Kier alpha value is -3.37. The molecule has 0 saturated carbocycles. The first kappa shape index (κ1) is 22.8. The number of ketones is 1. The number of sulfonamides is 1. The van der Waals surface area contributed by atoms with E-state index in [1.165, 1.54) is 52.8 Å². The van der Waals surface area contributed by atoms with Gasteiger partial charge in [-0.25, -0.2) is 13.2 Å². The number of amides is 2. The summed E-state index contributed by atoms with van der Waals surface area (Å²) in [6.45, 7) is 0.469. The molecule has 2 aromatic carbocycles. The second kappa shape index (κ2) is 9.24. The highest BCUT2D eigenvalue weighted by Gasteiger charge is 2.30. The van der Waals surface area contributed by atoms with E-state index < -0.39 is 28.4 Å². The number of carbonyl (C=O) groups excluding carboxylic acids is 4. The summed E-state index contributed by atoms with van der Waals surface area (Å²) in [5, 5.41) is 0. The number of nitrogens with zero attached hydrogens (tertiary/aromatic N) is 2. The van der Waals surface area contributed by atoms with Crippen LogP contribution >= 0.6 is 0 Å². The molecule has 4 rings (SSSR count). The minimum Gasteiger partial charge on any atom is -0.454 e. The Labute approximate surface area is 191 Å². The maximum absolute atomic E-state index is 12.6. The molecule has 0 N–H and O–H groups in total. The summed E-state index contributed by atoms with van der Waals surface area (Å²) in [6, 6.07) is 11.3. The van der Waals surface area contributed by atoms with Crippen LogP contribution in [-0.2, 0) is 24.3 Å². The molecule has 0 spiro atoms. The molecule has 0 radical (unpaired) electrons. The van der Waals surface area contributed by atoms with Crippen LogP contribution in [0.3, 0.4) is 0 Å². The van der Waals surface area contributed by atoms with E-state index in [-0.39, 0.29) is 40.7 Å². The lowest BCUT2D eigenvalue weighted by Crippen LogP contribution is -2.28. The van der Waals surface area contributed by atoms with Gasteiger partial charge in [-0.05, 0) is 61.4 Å². The molecule has 2 saturated heterocycles. The molecule has 2 aliphatic heterocycles. The first-order chi connectivity index (χ1) is 15.8. The van der Waals surface area contributed by atoms with E-state index >= 15 is 0 Å². The summed E-state index contributed by atoms with van der Waals surface area (Å²) < 4.78 is 31.6. The number of hydrogen-bond donors (Lipinski definition) is 0. The van der Waals surface area contributed by atoms with Crippen LogP contribution in [0.5, 0.6) is 0 Å². The minimum absolute atomic E-state index is 0.119. The van der Waals surface area contributed by atoms with E-state index in [1.54, 1.807) is 0 Å². The molecule has 0 unspecified atom stereocenters. The lowest BCUT2D eigenvalue weighted by atomic mass is 10.1.